The molecule has 2 aliphatic rings. The molecule has 2 amide bonds. The van der Waals surface area contributed by atoms with Gasteiger partial charge in [-0.15, -0.1) is 10.2 Å². The Labute approximate surface area is 340 Å². The number of amides is 2. The summed E-state index contributed by atoms with van der Waals surface area (Å²) < 4.78 is 3.52. The van der Waals surface area contributed by atoms with Gasteiger partial charge in [-0.1, -0.05) is 59.0 Å². The zero-order chi connectivity index (χ0) is 39.4. The number of hydrogen-bond acceptors (Lipinski definition) is 9. The normalized spacial score (nSPS) is 14.5. The van der Waals surface area contributed by atoms with E-state index in [9.17, 15) is 4.79 Å². The van der Waals surface area contributed by atoms with E-state index in [-0.39, 0.29) is 0 Å². The first-order valence-electron chi connectivity index (χ1n) is 20.9. The molecule has 0 bridgehead atoms. The Morgan fingerprint density at radius 3 is 1.45 bits per heavy atom. The molecule has 0 spiro atoms. The maximum absolute atomic E-state index is 13.5. The minimum absolute atomic E-state index is 0.391. The Morgan fingerprint density at radius 2 is 0.983 bits per heavy atom. The number of carbonyl (C=O) groups is 1. The lowest BCUT2D eigenvalue weighted by Crippen LogP contribution is -2.20. The Morgan fingerprint density at radius 1 is 0.534 bits per heavy atom. The molecule has 0 unspecified atom stereocenters. The minimum Gasteiger partial charge on any atom is -0.385 e. The second kappa shape index (κ2) is 19.4. The molecule has 13 heteroatoms. The number of rotatable bonds is 18. The second-order valence-corrected chi connectivity index (χ2v) is 15.2. The van der Waals surface area contributed by atoms with Crippen molar-refractivity contribution >= 4 is 28.8 Å². The smallest absolute Gasteiger partial charge is 0.323 e. The number of unbranched alkanes of at least 4 members (excludes halogenated alkanes) is 2. The summed E-state index contributed by atoms with van der Waals surface area (Å²) in [6.45, 7) is 9.22. The number of nitrogens with zero attached hydrogens (tertiary/aromatic N) is 8. The van der Waals surface area contributed by atoms with Crippen LogP contribution in [0.15, 0.2) is 109 Å². The molecule has 4 N–H and O–H groups in total. The van der Waals surface area contributed by atoms with E-state index in [0.717, 1.165) is 59.8 Å². The molecule has 13 nitrogen and oxygen atoms in total. The van der Waals surface area contributed by atoms with Gasteiger partial charge >= 0.3 is 6.03 Å². The standard InChI is InChI=1S/C45H54N12O/c58-45(48-41-21-3-1-19-39(41)43-33-56(52-50-43)37-17-13-15-35(31-37)46-23-5-7-25-54-27-9-10-28-54)49-42-22-4-2-20-40(42)44-34-57(53-51-44)38-18-14-16-36(32-38)47-24-6-8-26-55-29-11-12-30-55/h1-4,13-22,31-34,46-47H,5-12,23-30H2,(H2,48,49,58). The van der Waals surface area contributed by atoms with E-state index in [2.05, 4.69) is 76.0 Å². The highest BCUT2D eigenvalue weighted by Gasteiger charge is 2.16. The van der Waals surface area contributed by atoms with Crippen molar-refractivity contribution in [1.29, 1.82) is 0 Å². The molecule has 58 heavy (non-hydrogen) atoms. The molecule has 0 radical (unpaired) electrons. The van der Waals surface area contributed by atoms with Gasteiger partial charge in [-0.2, -0.15) is 0 Å². The summed E-state index contributed by atoms with van der Waals surface area (Å²) in [5.41, 5.74) is 7.93. The van der Waals surface area contributed by atoms with Gasteiger partial charge in [0.2, 0.25) is 0 Å². The zero-order valence-electron chi connectivity index (χ0n) is 33.2. The van der Waals surface area contributed by atoms with Crippen LogP contribution in [-0.2, 0) is 0 Å². The van der Waals surface area contributed by atoms with Crippen molar-refractivity contribution in [2.75, 3.05) is 73.6 Å². The van der Waals surface area contributed by atoms with Crippen LogP contribution in [0.25, 0.3) is 33.9 Å². The molecule has 0 aliphatic carbocycles. The Kier molecular flexibility index (Phi) is 13.0. The van der Waals surface area contributed by atoms with Crippen molar-refractivity contribution in [3.05, 3.63) is 109 Å². The number of anilines is 4. The lowest BCUT2D eigenvalue weighted by Gasteiger charge is -2.14. The van der Waals surface area contributed by atoms with E-state index < -0.39 is 6.03 Å². The molecule has 2 saturated heterocycles. The fourth-order valence-electron chi connectivity index (χ4n) is 7.85. The average Bonchev–Trinajstić information content (AvgIpc) is 4.11. The highest BCUT2D eigenvalue weighted by molar-refractivity contribution is 6.04. The predicted molar refractivity (Wildman–Crippen MR) is 233 cm³/mol. The third-order valence-corrected chi connectivity index (χ3v) is 11.0. The largest absolute Gasteiger partial charge is 0.385 e. The van der Waals surface area contributed by atoms with E-state index in [1.807, 2.05) is 85.2 Å². The monoisotopic (exact) mass is 778 g/mol. The highest BCUT2D eigenvalue weighted by Crippen LogP contribution is 2.30. The third kappa shape index (κ3) is 10.3. The van der Waals surface area contributed by atoms with Gasteiger partial charge in [0.25, 0.3) is 0 Å². The first-order chi connectivity index (χ1) is 28.6. The first kappa shape index (κ1) is 38.8. The number of para-hydroxylation sites is 2. The van der Waals surface area contributed by atoms with E-state index in [1.54, 1.807) is 9.36 Å². The number of aromatic nitrogens is 6. The fraction of sp³-hybridized carbons (Fsp3) is 0.356. The predicted octanol–water partition coefficient (Wildman–Crippen LogP) is 8.40. The summed E-state index contributed by atoms with van der Waals surface area (Å²) in [4.78, 5) is 18.7. The maximum atomic E-state index is 13.5. The molecular weight excluding hydrogens is 725 g/mol. The summed E-state index contributed by atoms with van der Waals surface area (Å²) in [5.74, 6) is 0. The molecule has 2 aliphatic heterocycles. The van der Waals surface area contributed by atoms with Crippen LogP contribution in [0.3, 0.4) is 0 Å². The highest BCUT2D eigenvalue weighted by atomic mass is 16.2. The summed E-state index contributed by atoms with van der Waals surface area (Å²) in [5, 5.41) is 31.0. The van der Waals surface area contributed by atoms with Gasteiger partial charge in [-0.3, -0.25) is 0 Å². The quantitative estimate of drug-likeness (QED) is 0.0635. The number of benzene rings is 4. The number of carbonyl (C=O) groups excluding carboxylic acids is 1. The van der Waals surface area contributed by atoms with Gasteiger partial charge < -0.3 is 31.1 Å². The van der Waals surface area contributed by atoms with Gasteiger partial charge in [-0.05, 0) is 139 Å². The van der Waals surface area contributed by atoms with Crippen molar-refractivity contribution in [2.24, 2.45) is 0 Å². The van der Waals surface area contributed by atoms with Crippen LogP contribution in [0.2, 0.25) is 0 Å². The van der Waals surface area contributed by atoms with Crippen LogP contribution in [0.5, 0.6) is 0 Å². The maximum Gasteiger partial charge on any atom is 0.323 e. The van der Waals surface area contributed by atoms with Gasteiger partial charge in [0.15, 0.2) is 0 Å². The van der Waals surface area contributed by atoms with Crippen molar-refractivity contribution in [3.8, 4) is 33.9 Å². The number of nitrogens with one attached hydrogen (secondary N) is 4. The van der Waals surface area contributed by atoms with Crippen LogP contribution >= 0.6 is 0 Å². The summed E-state index contributed by atoms with van der Waals surface area (Å²) >= 11 is 0. The minimum atomic E-state index is -0.391. The van der Waals surface area contributed by atoms with E-state index in [4.69, 9.17) is 0 Å². The Hall–Kier alpha value is -6.05. The van der Waals surface area contributed by atoms with Gasteiger partial charge in [0, 0.05) is 35.6 Å². The van der Waals surface area contributed by atoms with Gasteiger partial charge in [-0.25, -0.2) is 14.2 Å². The molecule has 4 heterocycles. The lowest BCUT2D eigenvalue weighted by atomic mass is 10.1. The van der Waals surface area contributed by atoms with Crippen LogP contribution in [0, 0.1) is 0 Å². The molecule has 2 fully saturated rings. The average molecular weight is 779 g/mol. The molecule has 6 aromatic rings. The van der Waals surface area contributed by atoms with E-state index in [1.165, 1.54) is 77.8 Å². The molecule has 0 saturated carbocycles. The van der Waals surface area contributed by atoms with Gasteiger partial charge in [0.1, 0.15) is 11.4 Å². The van der Waals surface area contributed by atoms with Crippen LogP contribution < -0.4 is 21.3 Å². The molecule has 0 atom stereocenters. The van der Waals surface area contributed by atoms with Gasteiger partial charge in [0.05, 0.1) is 35.1 Å². The number of urea groups is 1. The molecule has 8 rings (SSSR count). The molecular formula is C45H54N12O. The SMILES string of the molecule is O=C(Nc1ccccc1-c1cn(-c2cccc(NCCCCN3CCCC3)c2)nn1)Nc1ccccc1-c1cn(-c2cccc(NCCCCN3CCCC3)c2)nn1. The zero-order valence-corrected chi connectivity index (χ0v) is 33.2. The van der Waals surface area contributed by atoms with E-state index in [0.29, 0.717) is 22.8 Å². The topological polar surface area (TPSA) is 133 Å². The van der Waals surface area contributed by atoms with Crippen molar-refractivity contribution in [2.45, 2.75) is 51.4 Å². The van der Waals surface area contributed by atoms with Crippen LogP contribution in [0.4, 0.5) is 27.5 Å². The van der Waals surface area contributed by atoms with E-state index >= 15 is 0 Å². The van der Waals surface area contributed by atoms with Crippen LogP contribution in [0.1, 0.15) is 51.4 Å². The molecule has 2 aromatic heterocycles. The number of likely N-dealkylation sites (tertiary alicyclic amines) is 2. The molecule has 4 aromatic carbocycles. The fourth-order valence-corrected chi connectivity index (χ4v) is 7.85. The summed E-state index contributed by atoms with van der Waals surface area (Å²) in [6.07, 6.45) is 13.8. The van der Waals surface area contributed by atoms with Crippen LogP contribution in [-0.4, -0.2) is 98.2 Å². The second-order valence-electron chi connectivity index (χ2n) is 15.2. The third-order valence-electron chi connectivity index (χ3n) is 11.0. The Balaban J connectivity index is 0.871. The summed E-state index contributed by atoms with van der Waals surface area (Å²) in [6, 6.07) is 31.2. The lowest BCUT2D eigenvalue weighted by molar-refractivity contribution is 0.262. The van der Waals surface area contributed by atoms with Crippen molar-refractivity contribution in [1.82, 2.24) is 39.8 Å². The number of hydrogen-bond donors (Lipinski definition) is 4. The molecule has 300 valence electrons. The van der Waals surface area contributed by atoms with Crippen molar-refractivity contribution < 1.29 is 4.79 Å². The Bertz CT molecular complexity index is 2080. The van der Waals surface area contributed by atoms with Crippen molar-refractivity contribution in [3.63, 3.8) is 0 Å². The summed E-state index contributed by atoms with van der Waals surface area (Å²) in [7, 11) is 0. The first-order valence-corrected chi connectivity index (χ1v) is 20.9.